The predicted octanol–water partition coefficient (Wildman–Crippen LogP) is 1.89. The third-order valence-electron chi connectivity index (χ3n) is 3.69. The number of carbonyl (C=O) groups excluding carboxylic acids is 1. The minimum atomic E-state index is -0.958. The summed E-state index contributed by atoms with van der Waals surface area (Å²) < 4.78 is 0. The van der Waals surface area contributed by atoms with Gasteiger partial charge in [-0.05, 0) is 36.1 Å². The first-order valence-electron chi connectivity index (χ1n) is 6.74. The highest BCUT2D eigenvalue weighted by Crippen LogP contribution is 2.24. The van der Waals surface area contributed by atoms with E-state index in [4.69, 9.17) is 5.26 Å². The number of amides is 1. The molecular weight excluding hydrogens is 268 g/mol. The van der Waals surface area contributed by atoms with Crippen molar-refractivity contribution in [2.45, 2.75) is 19.4 Å². The van der Waals surface area contributed by atoms with Crippen molar-refractivity contribution in [1.29, 1.82) is 5.26 Å². The van der Waals surface area contributed by atoms with Crippen LogP contribution in [0.1, 0.15) is 24.5 Å². The number of nitrogens with zero attached hydrogens (tertiary/aromatic N) is 2. The zero-order valence-electron chi connectivity index (χ0n) is 11.7. The van der Waals surface area contributed by atoms with Crippen molar-refractivity contribution < 1.29 is 14.7 Å². The Bertz CT molecular complexity index is 613. The minimum Gasteiger partial charge on any atom is -0.480 e. The molecule has 108 valence electrons. The summed E-state index contributed by atoms with van der Waals surface area (Å²) >= 11 is 0. The van der Waals surface area contributed by atoms with Gasteiger partial charge in [-0.25, -0.2) is 4.79 Å². The van der Waals surface area contributed by atoms with Crippen molar-refractivity contribution in [2.24, 2.45) is 5.92 Å². The maximum Gasteiger partial charge on any atom is 0.326 e. The number of rotatable bonds is 3. The van der Waals surface area contributed by atoms with E-state index >= 15 is 0 Å². The standard InChI is InChI=1S/C16H16N2O3/c1-11-8-9-18(15(11)16(20)21)14(19)7-6-12-2-4-13(10-17)5-3-12/h2-7,11,15H,8-9H2,1H3,(H,20,21)/b7-6+. The number of benzene rings is 1. The first kappa shape index (κ1) is 14.8. The molecule has 1 aromatic carbocycles. The van der Waals surface area contributed by atoms with Crippen molar-refractivity contribution in [2.75, 3.05) is 6.54 Å². The van der Waals surface area contributed by atoms with E-state index in [0.717, 1.165) is 5.56 Å². The third-order valence-corrected chi connectivity index (χ3v) is 3.69. The topological polar surface area (TPSA) is 81.4 Å². The summed E-state index contributed by atoms with van der Waals surface area (Å²) in [6, 6.07) is 8.09. The smallest absolute Gasteiger partial charge is 0.326 e. The van der Waals surface area contributed by atoms with Gasteiger partial charge in [-0.1, -0.05) is 19.1 Å². The average molecular weight is 284 g/mol. The van der Waals surface area contributed by atoms with Gasteiger partial charge in [0.05, 0.1) is 11.6 Å². The molecule has 0 bridgehead atoms. The summed E-state index contributed by atoms with van der Waals surface area (Å²) in [7, 11) is 0. The van der Waals surface area contributed by atoms with Crippen LogP contribution in [0.25, 0.3) is 6.08 Å². The summed E-state index contributed by atoms with van der Waals surface area (Å²) in [5, 5.41) is 17.9. The molecule has 1 aromatic rings. The molecule has 5 heteroatoms. The van der Waals surface area contributed by atoms with Gasteiger partial charge in [-0.3, -0.25) is 4.79 Å². The van der Waals surface area contributed by atoms with Gasteiger partial charge >= 0.3 is 5.97 Å². The molecular formula is C16H16N2O3. The van der Waals surface area contributed by atoms with E-state index in [-0.39, 0.29) is 11.8 Å². The van der Waals surface area contributed by atoms with Gasteiger partial charge in [-0.2, -0.15) is 5.26 Å². The van der Waals surface area contributed by atoms with Crippen LogP contribution in [0.4, 0.5) is 0 Å². The van der Waals surface area contributed by atoms with E-state index in [1.54, 1.807) is 30.3 Å². The van der Waals surface area contributed by atoms with Crippen LogP contribution in [0.15, 0.2) is 30.3 Å². The van der Waals surface area contributed by atoms with E-state index in [9.17, 15) is 14.7 Å². The van der Waals surface area contributed by atoms with Gasteiger partial charge in [0.15, 0.2) is 0 Å². The molecule has 0 aromatic heterocycles. The highest BCUT2D eigenvalue weighted by molar-refractivity contribution is 5.94. The molecule has 0 spiro atoms. The van der Waals surface area contributed by atoms with Crippen LogP contribution >= 0.6 is 0 Å². The largest absolute Gasteiger partial charge is 0.480 e. The van der Waals surface area contributed by atoms with Crippen molar-refractivity contribution in [3.05, 3.63) is 41.5 Å². The maximum atomic E-state index is 12.1. The van der Waals surface area contributed by atoms with E-state index in [0.29, 0.717) is 18.5 Å². The number of hydrogen-bond acceptors (Lipinski definition) is 3. The molecule has 1 heterocycles. The zero-order valence-corrected chi connectivity index (χ0v) is 11.7. The molecule has 1 aliphatic heterocycles. The van der Waals surface area contributed by atoms with Crippen LogP contribution in [-0.4, -0.2) is 34.5 Å². The first-order chi connectivity index (χ1) is 10.0. The highest BCUT2D eigenvalue weighted by atomic mass is 16.4. The number of likely N-dealkylation sites (tertiary alicyclic amines) is 1. The number of carboxylic acid groups (broad SMARTS) is 1. The van der Waals surface area contributed by atoms with Crippen LogP contribution in [-0.2, 0) is 9.59 Å². The van der Waals surface area contributed by atoms with Crippen LogP contribution in [0.3, 0.4) is 0 Å². The van der Waals surface area contributed by atoms with Crippen molar-refractivity contribution in [1.82, 2.24) is 4.90 Å². The number of carbonyl (C=O) groups is 2. The average Bonchev–Trinajstić information content (AvgIpc) is 2.87. The van der Waals surface area contributed by atoms with Crippen LogP contribution < -0.4 is 0 Å². The molecule has 1 N–H and O–H groups in total. The van der Waals surface area contributed by atoms with E-state index in [1.165, 1.54) is 11.0 Å². The van der Waals surface area contributed by atoms with E-state index in [1.807, 2.05) is 13.0 Å². The Kier molecular flexibility index (Phi) is 4.39. The van der Waals surface area contributed by atoms with Crippen LogP contribution in [0, 0.1) is 17.2 Å². The Morgan fingerprint density at radius 3 is 2.62 bits per heavy atom. The van der Waals surface area contributed by atoms with Crippen molar-refractivity contribution >= 4 is 18.0 Å². The summed E-state index contributed by atoms with van der Waals surface area (Å²) in [6.45, 7) is 2.31. The Labute approximate surface area is 123 Å². The van der Waals surface area contributed by atoms with Gasteiger partial charge in [0, 0.05) is 12.6 Å². The lowest BCUT2D eigenvalue weighted by atomic mass is 10.0. The molecule has 0 radical (unpaired) electrons. The van der Waals surface area contributed by atoms with Crippen LogP contribution in [0.5, 0.6) is 0 Å². The molecule has 2 rings (SSSR count). The molecule has 2 atom stereocenters. The van der Waals surface area contributed by atoms with E-state index in [2.05, 4.69) is 0 Å². The number of carboxylic acids is 1. The molecule has 0 saturated carbocycles. The van der Waals surface area contributed by atoms with Crippen LogP contribution in [0.2, 0.25) is 0 Å². The Morgan fingerprint density at radius 2 is 2.05 bits per heavy atom. The summed E-state index contributed by atoms with van der Waals surface area (Å²) in [6.07, 6.45) is 3.72. The second-order valence-corrected chi connectivity index (χ2v) is 5.15. The quantitative estimate of drug-likeness (QED) is 0.859. The Morgan fingerprint density at radius 1 is 1.38 bits per heavy atom. The second-order valence-electron chi connectivity index (χ2n) is 5.15. The summed E-state index contributed by atoms with van der Waals surface area (Å²) in [4.78, 5) is 24.7. The SMILES string of the molecule is CC1CCN(C(=O)/C=C/c2ccc(C#N)cc2)C1C(=O)O. The number of aliphatic carboxylic acids is 1. The zero-order chi connectivity index (χ0) is 15.4. The Balaban J connectivity index is 2.08. The van der Waals surface area contributed by atoms with Gasteiger partial charge < -0.3 is 10.0 Å². The Hall–Kier alpha value is -2.61. The molecule has 1 aliphatic rings. The van der Waals surface area contributed by atoms with E-state index < -0.39 is 12.0 Å². The predicted molar refractivity (Wildman–Crippen MR) is 77.1 cm³/mol. The molecule has 1 amide bonds. The van der Waals surface area contributed by atoms with Gasteiger partial charge in [0.2, 0.25) is 5.91 Å². The molecule has 21 heavy (non-hydrogen) atoms. The lowest BCUT2D eigenvalue weighted by Gasteiger charge is -2.21. The summed E-state index contributed by atoms with van der Waals surface area (Å²) in [5.41, 5.74) is 1.35. The monoisotopic (exact) mass is 284 g/mol. The molecule has 0 aliphatic carbocycles. The number of nitriles is 1. The molecule has 1 fully saturated rings. The highest BCUT2D eigenvalue weighted by Gasteiger charge is 2.38. The molecule has 2 unspecified atom stereocenters. The lowest BCUT2D eigenvalue weighted by molar-refractivity contribution is -0.147. The maximum absolute atomic E-state index is 12.1. The normalized spacial score (nSPS) is 21.4. The third kappa shape index (κ3) is 3.29. The second kappa shape index (κ2) is 6.23. The van der Waals surface area contributed by atoms with Crippen molar-refractivity contribution in [3.63, 3.8) is 0 Å². The number of hydrogen-bond donors (Lipinski definition) is 1. The van der Waals surface area contributed by atoms with Gasteiger partial charge in [0.25, 0.3) is 0 Å². The van der Waals surface area contributed by atoms with Gasteiger partial charge in [-0.15, -0.1) is 0 Å². The molecule has 1 saturated heterocycles. The molecule has 5 nitrogen and oxygen atoms in total. The summed E-state index contributed by atoms with van der Waals surface area (Å²) in [5.74, 6) is -1.29. The van der Waals surface area contributed by atoms with Crippen molar-refractivity contribution in [3.8, 4) is 6.07 Å². The fraction of sp³-hybridized carbons (Fsp3) is 0.312. The lowest BCUT2D eigenvalue weighted by Crippen LogP contribution is -2.42. The minimum absolute atomic E-state index is 0.0326. The fourth-order valence-corrected chi connectivity index (χ4v) is 2.50. The fourth-order valence-electron chi connectivity index (χ4n) is 2.50. The first-order valence-corrected chi connectivity index (χ1v) is 6.74. The van der Waals surface area contributed by atoms with Gasteiger partial charge in [0.1, 0.15) is 6.04 Å².